The molecule has 1 aromatic carbocycles. The summed E-state index contributed by atoms with van der Waals surface area (Å²) in [7, 11) is 0. The standard InChI is InChI=1S/C13H19N/c1-3-5-10-14-11-13-8-6-12(4-2)7-9-13/h3,6-9,14H,1,4-5,10-11H2,2H3. The molecule has 0 bridgehead atoms. The van der Waals surface area contributed by atoms with E-state index in [-0.39, 0.29) is 0 Å². The van der Waals surface area contributed by atoms with E-state index in [1.807, 2.05) is 6.08 Å². The summed E-state index contributed by atoms with van der Waals surface area (Å²) in [5, 5.41) is 3.37. The van der Waals surface area contributed by atoms with Crippen molar-refractivity contribution in [1.29, 1.82) is 0 Å². The molecule has 0 aliphatic carbocycles. The molecule has 0 aliphatic rings. The minimum absolute atomic E-state index is 0.956. The molecule has 0 aromatic heterocycles. The van der Waals surface area contributed by atoms with Crippen molar-refractivity contribution in [3.63, 3.8) is 0 Å². The maximum absolute atomic E-state index is 3.69. The van der Waals surface area contributed by atoms with Gasteiger partial charge in [0.25, 0.3) is 0 Å². The summed E-state index contributed by atoms with van der Waals surface area (Å²) < 4.78 is 0. The third-order valence-electron chi connectivity index (χ3n) is 2.29. The first-order valence-electron chi connectivity index (χ1n) is 5.26. The van der Waals surface area contributed by atoms with Gasteiger partial charge in [-0.25, -0.2) is 0 Å². The van der Waals surface area contributed by atoms with Crippen LogP contribution in [0.1, 0.15) is 24.5 Å². The van der Waals surface area contributed by atoms with Gasteiger partial charge in [-0.1, -0.05) is 37.3 Å². The Bertz CT molecular complexity index is 261. The summed E-state index contributed by atoms with van der Waals surface area (Å²) in [6.45, 7) is 7.83. The van der Waals surface area contributed by atoms with Gasteiger partial charge in [0, 0.05) is 6.54 Å². The maximum atomic E-state index is 3.69. The van der Waals surface area contributed by atoms with E-state index in [1.165, 1.54) is 11.1 Å². The van der Waals surface area contributed by atoms with Gasteiger partial charge >= 0.3 is 0 Å². The fraction of sp³-hybridized carbons (Fsp3) is 0.385. The number of benzene rings is 1. The second kappa shape index (κ2) is 6.39. The first kappa shape index (κ1) is 11.0. The molecule has 14 heavy (non-hydrogen) atoms. The van der Waals surface area contributed by atoms with E-state index in [2.05, 4.69) is 43.1 Å². The van der Waals surface area contributed by atoms with E-state index >= 15 is 0 Å². The molecule has 0 radical (unpaired) electrons. The van der Waals surface area contributed by atoms with Crippen molar-refractivity contribution in [3.8, 4) is 0 Å². The molecule has 76 valence electrons. The molecule has 0 fully saturated rings. The van der Waals surface area contributed by atoms with E-state index < -0.39 is 0 Å². The van der Waals surface area contributed by atoms with E-state index in [0.29, 0.717) is 0 Å². The van der Waals surface area contributed by atoms with Crippen LogP contribution in [0.3, 0.4) is 0 Å². The number of aryl methyl sites for hydroxylation is 1. The first-order chi connectivity index (χ1) is 6.86. The molecule has 1 rings (SSSR count). The average molecular weight is 189 g/mol. The molecule has 1 nitrogen and oxygen atoms in total. The average Bonchev–Trinajstić information content (AvgIpc) is 2.25. The van der Waals surface area contributed by atoms with Gasteiger partial charge < -0.3 is 5.32 Å². The predicted molar refractivity (Wildman–Crippen MR) is 62.3 cm³/mol. The Labute approximate surface area is 86.8 Å². The molecule has 0 amide bonds. The Morgan fingerprint density at radius 2 is 1.86 bits per heavy atom. The normalized spacial score (nSPS) is 10.1. The van der Waals surface area contributed by atoms with Gasteiger partial charge in [-0.3, -0.25) is 0 Å². The Hall–Kier alpha value is -1.08. The van der Waals surface area contributed by atoms with Crippen LogP contribution in [0.5, 0.6) is 0 Å². The highest BCUT2D eigenvalue weighted by molar-refractivity contribution is 5.22. The molecule has 0 aliphatic heterocycles. The predicted octanol–water partition coefficient (Wildman–Crippen LogP) is 2.91. The lowest BCUT2D eigenvalue weighted by molar-refractivity contribution is 0.695. The van der Waals surface area contributed by atoms with E-state index in [9.17, 15) is 0 Å². The first-order valence-corrected chi connectivity index (χ1v) is 5.26. The third kappa shape index (κ3) is 3.75. The molecule has 0 saturated carbocycles. The summed E-state index contributed by atoms with van der Waals surface area (Å²) in [5.74, 6) is 0. The van der Waals surface area contributed by atoms with Crippen LogP contribution >= 0.6 is 0 Å². The SMILES string of the molecule is C=CCCNCc1ccc(CC)cc1. The fourth-order valence-electron chi connectivity index (χ4n) is 1.33. The summed E-state index contributed by atoms with van der Waals surface area (Å²) in [5.41, 5.74) is 2.76. The molecule has 0 atom stereocenters. The minimum Gasteiger partial charge on any atom is -0.312 e. The topological polar surface area (TPSA) is 12.0 Å². The maximum Gasteiger partial charge on any atom is 0.0205 e. The van der Waals surface area contributed by atoms with Crippen LogP contribution in [0.15, 0.2) is 36.9 Å². The van der Waals surface area contributed by atoms with Crippen LogP contribution in [0.25, 0.3) is 0 Å². The molecule has 1 heteroatoms. The molecule has 1 N–H and O–H groups in total. The van der Waals surface area contributed by atoms with Crippen LogP contribution in [0.2, 0.25) is 0 Å². The number of hydrogen-bond acceptors (Lipinski definition) is 1. The fourth-order valence-corrected chi connectivity index (χ4v) is 1.33. The van der Waals surface area contributed by atoms with Crippen LogP contribution in [-0.4, -0.2) is 6.54 Å². The zero-order valence-corrected chi connectivity index (χ0v) is 8.92. The Kier molecular flexibility index (Phi) is 5.02. The molecule has 0 saturated heterocycles. The van der Waals surface area contributed by atoms with Crippen molar-refractivity contribution in [3.05, 3.63) is 48.0 Å². The highest BCUT2D eigenvalue weighted by Crippen LogP contribution is 2.04. The number of hydrogen-bond donors (Lipinski definition) is 1. The lowest BCUT2D eigenvalue weighted by Crippen LogP contribution is -2.13. The van der Waals surface area contributed by atoms with Crippen LogP contribution < -0.4 is 5.32 Å². The van der Waals surface area contributed by atoms with E-state index in [1.54, 1.807) is 0 Å². The molecule has 0 heterocycles. The molecule has 0 unspecified atom stereocenters. The number of nitrogens with one attached hydrogen (secondary N) is 1. The lowest BCUT2D eigenvalue weighted by atomic mass is 10.1. The van der Waals surface area contributed by atoms with E-state index in [0.717, 1.165) is 25.9 Å². The number of rotatable bonds is 6. The monoisotopic (exact) mass is 189 g/mol. The minimum atomic E-state index is 0.956. The van der Waals surface area contributed by atoms with Crippen molar-refractivity contribution in [2.75, 3.05) is 6.54 Å². The summed E-state index contributed by atoms with van der Waals surface area (Å²) in [4.78, 5) is 0. The van der Waals surface area contributed by atoms with Crippen molar-refractivity contribution >= 4 is 0 Å². The Balaban J connectivity index is 2.32. The lowest BCUT2D eigenvalue weighted by Gasteiger charge is -2.04. The van der Waals surface area contributed by atoms with Gasteiger partial charge in [-0.2, -0.15) is 0 Å². The quantitative estimate of drug-likeness (QED) is 0.536. The summed E-state index contributed by atoms with van der Waals surface area (Å²) in [6, 6.07) is 8.79. The van der Waals surface area contributed by atoms with Crippen LogP contribution in [0.4, 0.5) is 0 Å². The van der Waals surface area contributed by atoms with Gasteiger partial charge in [0.2, 0.25) is 0 Å². The van der Waals surface area contributed by atoms with Gasteiger partial charge in [0.15, 0.2) is 0 Å². The molecular formula is C13H19N. The van der Waals surface area contributed by atoms with Crippen molar-refractivity contribution in [1.82, 2.24) is 5.32 Å². The van der Waals surface area contributed by atoms with Crippen molar-refractivity contribution < 1.29 is 0 Å². The zero-order valence-electron chi connectivity index (χ0n) is 8.92. The molecular weight excluding hydrogens is 170 g/mol. The van der Waals surface area contributed by atoms with Crippen LogP contribution in [-0.2, 0) is 13.0 Å². The van der Waals surface area contributed by atoms with Crippen molar-refractivity contribution in [2.45, 2.75) is 26.3 Å². The van der Waals surface area contributed by atoms with Gasteiger partial charge in [0.05, 0.1) is 0 Å². The summed E-state index contributed by atoms with van der Waals surface area (Å²) >= 11 is 0. The zero-order chi connectivity index (χ0) is 10.2. The highest BCUT2D eigenvalue weighted by atomic mass is 14.8. The van der Waals surface area contributed by atoms with Gasteiger partial charge in [-0.15, -0.1) is 6.58 Å². The molecule has 0 spiro atoms. The Morgan fingerprint density at radius 1 is 1.21 bits per heavy atom. The molecule has 1 aromatic rings. The largest absolute Gasteiger partial charge is 0.312 e. The van der Waals surface area contributed by atoms with Gasteiger partial charge in [-0.05, 0) is 30.5 Å². The Morgan fingerprint density at radius 3 is 2.43 bits per heavy atom. The second-order valence-electron chi connectivity index (χ2n) is 3.42. The third-order valence-corrected chi connectivity index (χ3v) is 2.29. The summed E-state index contributed by atoms with van der Waals surface area (Å²) in [6.07, 6.45) is 4.09. The van der Waals surface area contributed by atoms with Gasteiger partial charge in [0.1, 0.15) is 0 Å². The van der Waals surface area contributed by atoms with Crippen molar-refractivity contribution in [2.24, 2.45) is 0 Å². The van der Waals surface area contributed by atoms with E-state index in [4.69, 9.17) is 0 Å². The smallest absolute Gasteiger partial charge is 0.0205 e. The van der Waals surface area contributed by atoms with Crippen LogP contribution in [0, 0.1) is 0 Å². The highest BCUT2D eigenvalue weighted by Gasteiger charge is 1.92. The second-order valence-corrected chi connectivity index (χ2v) is 3.42.